The Morgan fingerprint density at radius 3 is 2.23 bits per heavy atom. The quantitative estimate of drug-likeness (QED) is 0.806. The maximum absolute atomic E-state index is 13.1. The summed E-state index contributed by atoms with van der Waals surface area (Å²) in [6, 6.07) is 10.1. The van der Waals surface area contributed by atoms with Crippen LogP contribution in [-0.4, -0.2) is 29.8 Å². The summed E-state index contributed by atoms with van der Waals surface area (Å²) in [6.45, 7) is 1.80. The van der Waals surface area contributed by atoms with E-state index in [1.165, 1.54) is 24.1 Å². The molecule has 2 aromatic rings. The first-order valence-electron chi connectivity index (χ1n) is 8.02. The predicted molar refractivity (Wildman–Crippen MR) is 101 cm³/mol. The van der Waals surface area contributed by atoms with Gasteiger partial charge in [-0.3, -0.25) is 9.59 Å². The van der Waals surface area contributed by atoms with E-state index in [0.29, 0.717) is 21.2 Å². The van der Waals surface area contributed by atoms with Gasteiger partial charge >= 0.3 is 0 Å². The van der Waals surface area contributed by atoms with Crippen LogP contribution in [0.2, 0.25) is 10.0 Å². The molecule has 1 N–H and O–H groups in total. The van der Waals surface area contributed by atoms with Crippen molar-refractivity contribution in [3.8, 4) is 0 Å². The largest absolute Gasteiger partial charge is 0.357 e. The monoisotopic (exact) mass is 396 g/mol. The Hall–Kier alpha value is -2.11. The van der Waals surface area contributed by atoms with Crippen molar-refractivity contribution in [3.05, 3.63) is 69.5 Å². The summed E-state index contributed by atoms with van der Waals surface area (Å²) >= 11 is 12.3. The Kier molecular flexibility index (Phi) is 7.00. The smallest absolute Gasteiger partial charge is 0.242 e. The highest BCUT2D eigenvalue weighted by molar-refractivity contribution is 6.36. The molecule has 1 atom stereocenters. The average Bonchev–Trinajstić information content (AvgIpc) is 2.63. The van der Waals surface area contributed by atoms with Crippen LogP contribution in [0.25, 0.3) is 0 Å². The van der Waals surface area contributed by atoms with Crippen LogP contribution in [0.1, 0.15) is 18.1 Å². The van der Waals surface area contributed by atoms with Gasteiger partial charge in [0.1, 0.15) is 11.9 Å². The molecule has 0 saturated heterocycles. The van der Waals surface area contributed by atoms with Crippen molar-refractivity contribution < 1.29 is 14.0 Å². The molecule has 0 aliphatic rings. The van der Waals surface area contributed by atoms with Gasteiger partial charge in [-0.1, -0.05) is 41.4 Å². The molecule has 0 radical (unpaired) electrons. The molecule has 0 aromatic heterocycles. The maximum Gasteiger partial charge on any atom is 0.242 e. The number of carbonyl (C=O) groups excluding carboxylic acids is 2. The highest BCUT2D eigenvalue weighted by Crippen LogP contribution is 2.25. The third-order valence-corrected chi connectivity index (χ3v) is 4.78. The number of hydrogen-bond donors (Lipinski definition) is 1. The Bertz CT molecular complexity index is 776. The molecule has 2 amide bonds. The van der Waals surface area contributed by atoms with E-state index in [1.807, 2.05) is 0 Å². The number of rotatable bonds is 6. The molecule has 2 aromatic carbocycles. The second-order valence-electron chi connectivity index (χ2n) is 5.82. The van der Waals surface area contributed by atoms with E-state index < -0.39 is 6.04 Å². The van der Waals surface area contributed by atoms with Crippen LogP contribution in [0.15, 0.2) is 42.5 Å². The highest BCUT2D eigenvalue weighted by atomic mass is 35.5. The number of halogens is 3. The highest BCUT2D eigenvalue weighted by Gasteiger charge is 2.26. The van der Waals surface area contributed by atoms with Crippen LogP contribution in [0.4, 0.5) is 4.39 Å². The first-order valence-corrected chi connectivity index (χ1v) is 8.77. The lowest BCUT2D eigenvalue weighted by molar-refractivity contribution is -0.139. The number of hydrogen-bond acceptors (Lipinski definition) is 2. The van der Waals surface area contributed by atoms with Gasteiger partial charge in [-0.15, -0.1) is 0 Å². The van der Waals surface area contributed by atoms with Gasteiger partial charge in [0.25, 0.3) is 0 Å². The number of amides is 2. The molecule has 7 heteroatoms. The van der Waals surface area contributed by atoms with Crippen LogP contribution >= 0.6 is 23.2 Å². The second-order valence-corrected chi connectivity index (χ2v) is 6.63. The van der Waals surface area contributed by atoms with Crippen LogP contribution in [0.3, 0.4) is 0 Å². The van der Waals surface area contributed by atoms with E-state index >= 15 is 0 Å². The molecule has 0 bridgehead atoms. The zero-order valence-corrected chi connectivity index (χ0v) is 15.9. The first kappa shape index (κ1) is 20.2. The van der Waals surface area contributed by atoms with Gasteiger partial charge in [0, 0.05) is 23.6 Å². The predicted octanol–water partition coefficient (Wildman–Crippen LogP) is 3.84. The van der Waals surface area contributed by atoms with E-state index in [9.17, 15) is 14.0 Å². The molecular formula is C19H19Cl2FN2O2. The Labute approximate surface area is 161 Å². The molecule has 138 valence electrons. The molecular weight excluding hydrogens is 378 g/mol. The van der Waals surface area contributed by atoms with Gasteiger partial charge in [0.15, 0.2) is 0 Å². The molecule has 0 unspecified atom stereocenters. The SMILES string of the molecule is CNC(=O)[C@@H](C)N(Cc1ccc(F)cc1)C(=O)Cc1c(Cl)cccc1Cl. The number of nitrogens with zero attached hydrogens (tertiary/aromatic N) is 1. The fraction of sp³-hybridized carbons (Fsp3) is 0.263. The molecule has 0 saturated carbocycles. The zero-order valence-electron chi connectivity index (χ0n) is 14.4. The Morgan fingerprint density at radius 1 is 1.12 bits per heavy atom. The van der Waals surface area contributed by atoms with Crippen molar-refractivity contribution in [2.75, 3.05) is 7.05 Å². The van der Waals surface area contributed by atoms with Gasteiger partial charge < -0.3 is 10.2 Å². The standard InChI is InChI=1S/C19H19Cl2FN2O2/c1-12(19(26)23-2)24(11-13-6-8-14(22)9-7-13)18(25)10-15-16(20)4-3-5-17(15)21/h3-9,12H,10-11H2,1-2H3,(H,23,26)/t12-/m1/s1. The van der Waals surface area contributed by atoms with Crippen molar-refractivity contribution >= 4 is 35.0 Å². The van der Waals surface area contributed by atoms with Crippen molar-refractivity contribution in [2.45, 2.75) is 25.9 Å². The number of benzene rings is 2. The molecule has 4 nitrogen and oxygen atoms in total. The molecule has 0 fully saturated rings. The lowest BCUT2D eigenvalue weighted by Crippen LogP contribution is -2.47. The van der Waals surface area contributed by atoms with Gasteiger partial charge in [0.2, 0.25) is 11.8 Å². The molecule has 0 aliphatic heterocycles. The minimum atomic E-state index is -0.709. The van der Waals surface area contributed by atoms with Gasteiger partial charge in [0.05, 0.1) is 6.42 Å². The fourth-order valence-corrected chi connectivity index (χ4v) is 3.06. The van der Waals surface area contributed by atoms with E-state index in [0.717, 1.165) is 0 Å². The van der Waals surface area contributed by atoms with E-state index in [1.54, 1.807) is 37.3 Å². The lowest BCUT2D eigenvalue weighted by Gasteiger charge is -2.28. The van der Waals surface area contributed by atoms with Crippen molar-refractivity contribution in [1.29, 1.82) is 0 Å². The van der Waals surface area contributed by atoms with Crippen molar-refractivity contribution in [1.82, 2.24) is 10.2 Å². The molecule has 0 spiro atoms. The summed E-state index contributed by atoms with van der Waals surface area (Å²) in [6.07, 6.45) is -0.0406. The maximum atomic E-state index is 13.1. The van der Waals surface area contributed by atoms with E-state index in [-0.39, 0.29) is 30.6 Å². The summed E-state index contributed by atoms with van der Waals surface area (Å²) < 4.78 is 13.1. The van der Waals surface area contributed by atoms with Crippen LogP contribution in [0.5, 0.6) is 0 Å². The average molecular weight is 397 g/mol. The molecule has 26 heavy (non-hydrogen) atoms. The van der Waals surface area contributed by atoms with Crippen LogP contribution in [0, 0.1) is 5.82 Å². The molecule has 0 aliphatic carbocycles. The minimum Gasteiger partial charge on any atom is -0.357 e. The Balaban J connectivity index is 2.28. The summed E-state index contributed by atoms with van der Waals surface area (Å²) in [4.78, 5) is 26.4. The topological polar surface area (TPSA) is 49.4 Å². The summed E-state index contributed by atoms with van der Waals surface area (Å²) in [5.74, 6) is -0.972. The van der Waals surface area contributed by atoms with Gasteiger partial charge in [-0.05, 0) is 42.3 Å². The van der Waals surface area contributed by atoms with Crippen molar-refractivity contribution in [3.63, 3.8) is 0 Å². The third-order valence-electron chi connectivity index (χ3n) is 4.07. The third kappa shape index (κ3) is 4.96. The van der Waals surface area contributed by atoms with Crippen LogP contribution < -0.4 is 5.32 Å². The summed E-state index contributed by atoms with van der Waals surface area (Å²) in [5.41, 5.74) is 1.22. The number of carbonyl (C=O) groups is 2. The molecule has 0 heterocycles. The van der Waals surface area contributed by atoms with Crippen molar-refractivity contribution in [2.24, 2.45) is 0 Å². The summed E-state index contributed by atoms with van der Waals surface area (Å²) in [5, 5.41) is 3.31. The van der Waals surface area contributed by atoms with E-state index in [2.05, 4.69) is 5.32 Å². The lowest BCUT2D eigenvalue weighted by atomic mass is 10.1. The van der Waals surface area contributed by atoms with Crippen LogP contribution in [-0.2, 0) is 22.6 Å². The summed E-state index contributed by atoms with van der Waals surface area (Å²) in [7, 11) is 1.50. The van der Waals surface area contributed by atoms with Gasteiger partial charge in [-0.25, -0.2) is 4.39 Å². The zero-order chi connectivity index (χ0) is 19.3. The first-order chi connectivity index (χ1) is 12.3. The van der Waals surface area contributed by atoms with E-state index in [4.69, 9.17) is 23.2 Å². The fourth-order valence-electron chi connectivity index (χ4n) is 2.53. The Morgan fingerprint density at radius 2 is 1.69 bits per heavy atom. The normalized spacial score (nSPS) is 11.7. The second kappa shape index (κ2) is 9.01. The van der Waals surface area contributed by atoms with Gasteiger partial charge in [-0.2, -0.15) is 0 Å². The number of nitrogens with one attached hydrogen (secondary N) is 1. The molecule has 2 rings (SSSR count). The minimum absolute atomic E-state index is 0.0406. The number of likely N-dealkylation sites (N-methyl/N-ethyl adjacent to an activating group) is 1.